The van der Waals surface area contributed by atoms with Gasteiger partial charge in [0.2, 0.25) is 10.0 Å². The summed E-state index contributed by atoms with van der Waals surface area (Å²) in [7, 11) is -3.49. The Hall–Kier alpha value is -1.06. The molecule has 9 heteroatoms. The molecule has 1 aromatic rings. The minimum atomic E-state index is -3.49. The van der Waals surface area contributed by atoms with E-state index in [9.17, 15) is 8.42 Å². The number of hydrogen-bond donors (Lipinski definition) is 1. The van der Waals surface area contributed by atoms with Crippen molar-refractivity contribution in [2.24, 2.45) is 0 Å². The third-order valence-corrected chi connectivity index (χ3v) is 6.87. The van der Waals surface area contributed by atoms with E-state index in [0.717, 1.165) is 32.6 Å². The number of halogens is 1. The summed E-state index contributed by atoms with van der Waals surface area (Å²) in [6.07, 6.45) is 1.15. The highest BCUT2D eigenvalue weighted by Crippen LogP contribution is 2.33. The molecule has 4 rings (SSSR count). The van der Waals surface area contributed by atoms with Crippen molar-refractivity contribution < 1.29 is 17.9 Å². The van der Waals surface area contributed by atoms with Gasteiger partial charge in [-0.1, -0.05) is 0 Å². The van der Waals surface area contributed by atoms with Crippen LogP contribution in [-0.4, -0.2) is 76.1 Å². The van der Waals surface area contributed by atoms with E-state index in [2.05, 4.69) is 10.2 Å². The van der Waals surface area contributed by atoms with Crippen molar-refractivity contribution in [1.82, 2.24) is 14.5 Å². The van der Waals surface area contributed by atoms with Gasteiger partial charge in [0.15, 0.2) is 11.5 Å². The van der Waals surface area contributed by atoms with E-state index < -0.39 is 10.0 Å². The Morgan fingerprint density at radius 2 is 1.76 bits per heavy atom. The second kappa shape index (κ2) is 7.67. The van der Waals surface area contributed by atoms with Crippen LogP contribution in [0, 0.1) is 0 Å². The standard InChI is InChI=1S/C16H23N3O4S.ClH/c20-24(21,14-1-2-15-16(11-14)23-10-9-22-15)19-7-5-18(6-8-19)13-3-4-17-12-13;/h1-2,11,13,17H,3-10,12H2;1H. The zero-order chi connectivity index (χ0) is 16.6. The fraction of sp³-hybridized carbons (Fsp3) is 0.625. The van der Waals surface area contributed by atoms with E-state index in [0.29, 0.717) is 43.8 Å². The fourth-order valence-electron chi connectivity index (χ4n) is 3.59. The zero-order valence-corrected chi connectivity index (χ0v) is 15.7. The molecule has 0 saturated carbocycles. The molecule has 0 amide bonds. The van der Waals surface area contributed by atoms with Crippen LogP contribution in [0.25, 0.3) is 0 Å². The maximum Gasteiger partial charge on any atom is 0.243 e. The van der Waals surface area contributed by atoms with Crippen molar-refractivity contribution in [2.45, 2.75) is 17.4 Å². The summed E-state index contributed by atoms with van der Waals surface area (Å²) in [6, 6.07) is 5.42. The molecular weight excluding hydrogens is 366 g/mol. The van der Waals surface area contributed by atoms with Crippen molar-refractivity contribution >= 4 is 22.4 Å². The molecule has 0 radical (unpaired) electrons. The molecule has 0 spiro atoms. The molecule has 140 valence electrons. The highest BCUT2D eigenvalue weighted by molar-refractivity contribution is 7.89. The number of rotatable bonds is 3. The van der Waals surface area contributed by atoms with Crippen LogP contribution < -0.4 is 14.8 Å². The summed E-state index contributed by atoms with van der Waals surface area (Å²) >= 11 is 0. The van der Waals surface area contributed by atoms with Gasteiger partial charge in [-0.25, -0.2) is 8.42 Å². The number of sulfonamides is 1. The number of nitrogens with zero attached hydrogens (tertiary/aromatic N) is 2. The van der Waals surface area contributed by atoms with E-state index in [1.54, 1.807) is 22.5 Å². The zero-order valence-electron chi connectivity index (χ0n) is 14.0. The van der Waals surface area contributed by atoms with Crippen LogP contribution in [0.15, 0.2) is 23.1 Å². The second-order valence-electron chi connectivity index (χ2n) is 6.39. The molecule has 25 heavy (non-hydrogen) atoms. The number of nitrogens with one attached hydrogen (secondary N) is 1. The third-order valence-electron chi connectivity index (χ3n) is 4.98. The molecule has 1 aromatic carbocycles. The number of hydrogen-bond acceptors (Lipinski definition) is 6. The molecule has 2 fully saturated rings. The van der Waals surface area contributed by atoms with Crippen LogP contribution >= 0.6 is 12.4 Å². The normalized spacial score (nSPS) is 24.7. The van der Waals surface area contributed by atoms with Crippen molar-refractivity contribution in [3.63, 3.8) is 0 Å². The Kier molecular flexibility index (Phi) is 5.75. The lowest BCUT2D eigenvalue weighted by Crippen LogP contribution is -2.52. The molecule has 0 aliphatic carbocycles. The first kappa shape index (κ1) is 18.7. The van der Waals surface area contributed by atoms with Crippen LogP contribution in [-0.2, 0) is 10.0 Å². The first-order valence-electron chi connectivity index (χ1n) is 8.49. The number of piperazine rings is 1. The third kappa shape index (κ3) is 3.73. The molecule has 2 saturated heterocycles. The predicted octanol–water partition coefficient (Wildman–Crippen LogP) is 0.548. The SMILES string of the molecule is Cl.O=S(=O)(c1ccc2c(c1)OCCO2)N1CCN(C2CCNC2)CC1. The number of fused-ring (bicyclic) bond motifs is 1. The van der Waals surface area contributed by atoms with E-state index >= 15 is 0 Å². The summed E-state index contributed by atoms with van der Waals surface area (Å²) < 4.78 is 38.3. The molecule has 0 bridgehead atoms. The van der Waals surface area contributed by atoms with E-state index in [-0.39, 0.29) is 17.3 Å². The van der Waals surface area contributed by atoms with Gasteiger partial charge in [-0.05, 0) is 25.1 Å². The van der Waals surface area contributed by atoms with Crippen LogP contribution in [0.5, 0.6) is 11.5 Å². The van der Waals surface area contributed by atoms with Gasteiger partial charge in [-0.3, -0.25) is 4.90 Å². The minimum Gasteiger partial charge on any atom is -0.486 e. The van der Waals surface area contributed by atoms with Gasteiger partial charge in [-0.15, -0.1) is 12.4 Å². The lowest BCUT2D eigenvalue weighted by Gasteiger charge is -2.37. The van der Waals surface area contributed by atoms with Gasteiger partial charge in [0.05, 0.1) is 4.90 Å². The van der Waals surface area contributed by atoms with Crippen molar-refractivity contribution in [3.05, 3.63) is 18.2 Å². The van der Waals surface area contributed by atoms with Crippen molar-refractivity contribution in [1.29, 1.82) is 0 Å². The molecule has 3 heterocycles. The first-order valence-corrected chi connectivity index (χ1v) is 9.93. The smallest absolute Gasteiger partial charge is 0.243 e. The van der Waals surface area contributed by atoms with Gasteiger partial charge >= 0.3 is 0 Å². The molecule has 3 aliphatic rings. The molecule has 0 aromatic heterocycles. The summed E-state index contributed by atoms with van der Waals surface area (Å²) in [6.45, 7) is 5.66. The first-order chi connectivity index (χ1) is 11.6. The summed E-state index contributed by atoms with van der Waals surface area (Å²) in [5.41, 5.74) is 0. The Morgan fingerprint density at radius 1 is 1.04 bits per heavy atom. The van der Waals surface area contributed by atoms with Gasteiger partial charge in [0.25, 0.3) is 0 Å². The van der Waals surface area contributed by atoms with Gasteiger partial charge in [-0.2, -0.15) is 4.31 Å². The average Bonchev–Trinajstić information content (AvgIpc) is 3.16. The van der Waals surface area contributed by atoms with Gasteiger partial charge in [0, 0.05) is 44.8 Å². The maximum absolute atomic E-state index is 12.9. The lowest BCUT2D eigenvalue weighted by atomic mass is 10.2. The Labute approximate surface area is 154 Å². The lowest BCUT2D eigenvalue weighted by molar-refractivity contribution is 0.145. The van der Waals surface area contributed by atoms with E-state index in [1.807, 2.05) is 0 Å². The highest BCUT2D eigenvalue weighted by atomic mass is 35.5. The van der Waals surface area contributed by atoms with Crippen LogP contribution in [0.4, 0.5) is 0 Å². The Morgan fingerprint density at radius 3 is 2.44 bits per heavy atom. The Balaban J connectivity index is 0.00000182. The molecular formula is C16H24ClN3O4S. The largest absolute Gasteiger partial charge is 0.486 e. The fourth-order valence-corrected chi connectivity index (χ4v) is 5.03. The Bertz CT molecular complexity index is 701. The monoisotopic (exact) mass is 389 g/mol. The van der Waals surface area contributed by atoms with Crippen LogP contribution in [0.1, 0.15) is 6.42 Å². The molecule has 3 aliphatic heterocycles. The van der Waals surface area contributed by atoms with Crippen molar-refractivity contribution in [2.75, 3.05) is 52.5 Å². The van der Waals surface area contributed by atoms with Gasteiger partial charge < -0.3 is 14.8 Å². The van der Waals surface area contributed by atoms with Crippen molar-refractivity contribution in [3.8, 4) is 11.5 Å². The maximum atomic E-state index is 12.9. The average molecular weight is 390 g/mol. The summed E-state index contributed by atoms with van der Waals surface area (Å²) in [5.74, 6) is 1.12. The molecule has 1 atom stereocenters. The number of ether oxygens (including phenoxy) is 2. The molecule has 7 nitrogen and oxygen atoms in total. The number of benzene rings is 1. The quantitative estimate of drug-likeness (QED) is 0.814. The van der Waals surface area contributed by atoms with Crippen LogP contribution in [0.3, 0.4) is 0 Å². The minimum absolute atomic E-state index is 0. The summed E-state index contributed by atoms with van der Waals surface area (Å²) in [4.78, 5) is 2.68. The molecule has 1 N–H and O–H groups in total. The van der Waals surface area contributed by atoms with Gasteiger partial charge in [0.1, 0.15) is 13.2 Å². The summed E-state index contributed by atoms with van der Waals surface area (Å²) in [5, 5.41) is 3.37. The molecule has 1 unspecified atom stereocenters. The van der Waals surface area contributed by atoms with E-state index in [4.69, 9.17) is 9.47 Å². The van der Waals surface area contributed by atoms with E-state index in [1.165, 1.54) is 0 Å². The van der Waals surface area contributed by atoms with Crippen LogP contribution in [0.2, 0.25) is 0 Å². The highest BCUT2D eigenvalue weighted by Gasteiger charge is 2.32. The predicted molar refractivity (Wildman–Crippen MR) is 96.3 cm³/mol. The topological polar surface area (TPSA) is 71.1 Å². The second-order valence-corrected chi connectivity index (χ2v) is 8.33.